The van der Waals surface area contributed by atoms with Crippen molar-refractivity contribution in [2.75, 3.05) is 6.54 Å². The third-order valence-corrected chi connectivity index (χ3v) is 3.10. The minimum Gasteiger partial charge on any atom is -0.368 e. The molecule has 0 aliphatic carbocycles. The van der Waals surface area contributed by atoms with Gasteiger partial charge in [-0.3, -0.25) is 9.59 Å². The van der Waals surface area contributed by atoms with Crippen molar-refractivity contribution in [1.29, 1.82) is 0 Å². The zero-order valence-corrected chi connectivity index (χ0v) is 9.63. The summed E-state index contributed by atoms with van der Waals surface area (Å²) in [6.45, 7) is 0.638. The molecule has 17 heavy (non-hydrogen) atoms. The maximum Gasteiger partial charge on any atom is 0.240 e. The van der Waals surface area contributed by atoms with Gasteiger partial charge in [0.25, 0.3) is 0 Å². The summed E-state index contributed by atoms with van der Waals surface area (Å²) in [6, 6.07) is 9.12. The number of primary amides is 1. The Balaban J connectivity index is 2.03. The Bertz CT molecular complexity index is 417. The first-order valence-corrected chi connectivity index (χ1v) is 5.81. The minimum absolute atomic E-state index is 0.0162. The summed E-state index contributed by atoms with van der Waals surface area (Å²) in [5.41, 5.74) is 6.25. The molecule has 0 saturated carbocycles. The first kappa shape index (κ1) is 11.6. The van der Waals surface area contributed by atoms with Crippen LogP contribution < -0.4 is 5.73 Å². The number of carbonyl (C=O) groups is 2. The summed E-state index contributed by atoms with van der Waals surface area (Å²) in [6.07, 6.45) is 1.88. The van der Waals surface area contributed by atoms with E-state index in [9.17, 15) is 9.59 Å². The molecule has 0 spiro atoms. The number of hydrogen-bond acceptors (Lipinski definition) is 2. The van der Waals surface area contributed by atoms with Gasteiger partial charge in [0.1, 0.15) is 6.04 Å². The Morgan fingerprint density at radius 2 is 2.00 bits per heavy atom. The van der Waals surface area contributed by atoms with Crippen LogP contribution in [0.25, 0.3) is 0 Å². The van der Waals surface area contributed by atoms with E-state index in [2.05, 4.69) is 0 Å². The second kappa shape index (κ2) is 4.99. The Kier molecular flexibility index (Phi) is 3.42. The molecule has 1 aliphatic heterocycles. The van der Waals surface area contributed by atoms with Crippen LogP contribution in [0.2, 0.25) is 0 Å². The van der Waals surface area contributed by atoms with E-state index in [1.54, 1.807) is 4.90 Å². The number of nitrogens with two attached hydrogens (primary N) is 1. The van der Waals surface area contributed by atoms with E-state index in [1.807, 2.05) is 30.3 Å². The Morgan fingerprint density at radius 1 is 1.29 bits per heavy atom. The van der Waals surface area contributed by atoms with Gasteiger partial charge in [0, 0.05) is 6.54 Å². The van der Waals surface area contributed by atoms with Crippen LogP contribution in [-0.2, 0) is 16.0 Å². The topological polar surface area (TPSA) is 63.4 Å². The lowest BCUT2D eigenvalue weighted by atomic mass is 10.1. The molecule has 1 atom stereocenters. The predicted octanol–water partition coefficient (Wildman–Crippen LogP) is 0.705. The highest BCUT2D eigenvalue weighted by molar-refractivity contribution is 5.88. The Morgan fingerprint density at radius 3 is 2.65 bits per heavy atom. The zero-order valence-electron chi connectivity index (χ0n) is 9.63. The van der Waals surface area contributed by atoms with E-state index in [1.165, 1.54) is 0 Å². The molecule has 2 N–H and O–H groups in total. The van der Waals surface area contributed by atoms with Crippen molar-refractivity contribution < 1.29 is 9.59 Å². The van der Waals surface area contributed by atoms with E-state index in [0.717, 1.165) is 12.0 Å². The third kappa shape index (κ3) is 2.64. The number of amides is 2. The first-order valence-electron chi connectivity index (χ1n) is 5.81. The highest BCUT2D eigenvalue weighted by Gasteiger charge is 2.32. The van der Waals surface area contributed by atoms with Crippen LogP contribution in [0, 0.1) is 0 Å². The lowest BCUT2D eigenvalue weighted by Gasteiger charge is -2.22. The molecular weight excluding hydrogens is 216 g/mol. The number of carbonyl (C=O) groups excluding carboxylic acids is 2. The molecule has 2 amide bonds. The molecule has 0 unspecified atom stereocenters. The standard InChI is InChI=1S/C13H16N2O2/c14-13(17)11-7-4-8-15(11)12(16)9-10-5-2-1-3-6-10/h1-3,5-6,11H,4,7-9H2,(H2,14,17)/t11-/m1/s1. The second-order valence-corrected chi connectivity index (χ2v) is 4.31. The summed E-state index contributed by atoms with van der Waals surface area (Å²) in [4.78, 5) is 24.9. The first-order chi connectivity index (χ1) is 8.18. The summed E-state index contributed by atoms with van der Waals surface area (Å²) in [7, 11) is 0. The molecule has 2 rings (SSSR count). The van der Waals surface area contributed by atoms with Gasteiger partial charge in [0.2, 0.25) is 11.8 Å². The highest BCUT2D eigenvalue weighted by atomic mass is 16.2. The molecule has 1 saturated heterocycles. The fourth-order valence-electron chi connectivity index (χ4n) is 2.23. The van der Waals surface area contributed by atoms with Crippen LogP contribution in [0.15, 0.2) is 30.3 Å². The van der Waals surface area contributed by atoms with E-state index >= 15 is 0 Å². The molecule has 1 aromatic rings. The largest absolute Gasteiger partial charge is 0.368 e. The fourth-order valence-corrected chi connectivity index (χ4v) is 2.23. The van der Waals surface area contributed by atoms with Crippen LogP contribution in [0.3, 0.4) is 0 Å². The van der Waals surface area contributed by atoms with Crippen LogP contribution in [0.5, 0.6) is 0 Å². The van der Waals surface area contributed by atoms with Gasteiger partial charge in [0.15, 0.2) is 0 Å². The van der Waals surface area contributed by atoms with Crippen molar-refractivity contribution in [2.24, 2.45) is 5.73 Å². The number of rotatable bonds is 3. The molecule has 1 aliphatic rings. The average molecular weight is 232 g/mol. The molecule has 4 nitrogen and oxygen atoms in total. The van der Waals surface area contributed by atoms with Crippen LogP contribution in [-0.4, -0.2) is 29.3 Å². The van der Waals surface area contributed by atoms with Crippen molar-refractivity contribution in [1.82, 2.24) is 4.90 Å². The van der Waals surface area contributed by atoms with Crippen molar-refractivity contribution >= 4 is 11.8 Å². The van der Waals surface area contributed by atoms with Crippen molar-refractivity contribution in [2.45, 2.75) is 25.3 Å². The molecule has 0 radical (unpaired) electrons. The van der Waals surface area contributed by atoms with Gasteiger partial charge < -0.3 is 10.6 Å². The maximum absolute atomic E-state index is 12.0. The Labute approximate surface area is 100 Å². The molecule has 1 heterocycles. The van der Waals surface area contributed by atoms with Gasteiger partial charge in [-0.1, -0.05) is 30.3 Å². The van der Waals surface area contributed by atoms with Crippen LogP contribution >= 0.6 is 0 Å². The smallest absolute Gasteiger partial charge is 0.240 e. The van der Waals surface area contributed by atoms with Crippen LogP contribution in [0.4, 0.5) is 0 Å². The summed E-state index contributed by atoms with van der Waals surface area (Å²) in [5, 5.41) is 0. The lowest BCUT2D eigenvalue weighted by Crippen LogP contribution is -2.44. The average Bonchev–Trinajstić information content (AvgIpc) is 2.79. The molecule has 0 aromatic heterocycles. The number of hydrogen-bond donors (Lipinski definition) is 1. The minimum atomic E-state index is -0.411. The van der Waals surface area contributed by atoms with E-state index in [-0.39, 0.29) is 5.91 Å². The van der Waals surface area contributed by atoms with Gasteiger partial charge in [-0.05, 0) is 18.4 Å². The van der Waals surface area contributed by atoms with E-state index < -0.39 is 11.9 Å². The highest BCUT2D eigenvalue weighted by Crippen LogP contribution is 2.18. The van der Waals surface area contributed by atoms with Crippen molar-refractivity contribution in [3.8, 4) is 0 Å². The molecule has 4 heteroatoms. The number of likely N-dealkylation sites (tertiary alicyclic amines) is 1. The quantitative estimate of drug-likeness (QED) is 0.834. The maximum atomic E-state index is 12.0. The monoisotopic (exact) mass is 232 g/mol. The summed E-state index contributed by atoms with van der Waals surface area (Å²) >= 11 is 0. The van der Waals surface area contributed by atoms with Gasteiger partial charge in [0.05, 0.1) is 6.42 Å². The van der Waals surface area contributed by atoms with Gasteiger partial charge in [-0.15, -0.1) is 0 Å². The van der Waals surface area contributed by atoms with Gasteiger partial charge >= 0.3 is 0 Å². The SMILES string of the molecule is NC(=O)[C@H]1CCCN1C(=O)Cc1ccccc1. The zero-order chi connectivity index (χ0) is 12.3. The summed E-state index contributed by atoms with van der Waals surface area (Å²) < 4.78 is 0. The van der Waals surface area contributed by atoms with E-state index in [0.29, 0.717) is 19.4 Å². The number of nitrogens with zero attached hydrogens (tertiary/aromatic N) is 1. The van der Waals surface area contributed by atoms with Crippen molar-refractivity contribution in [3.05, 3.63) is 35.9 Å². The van der Waals surface area contributed by atoms with Crippen LogP contribution in [0.1, 0.15) is 18.4 Å². The van der Waals surface area contributed by atoms with Crippen molar-refractivity contribution in [3.63, 3.8) is 0 Å². The number of benzene rings is 1. The fraction of sp³-hybridized carbons (Fsp3) is 0.385. The Hall–Kier alpha value is -1.84. The lowest BCUT2D eigenvalue weighted by molar-refractivity contribution is -0.136. The predicted molar refractivity (Wildman–Crippen MR) is 64.1 cm³/mol. The summed E-state index contributed by atoms with van der Waals surface area (Å²) in [5.74, 6) is -0.415. The second-order valence-electron chi connectivity index (χ2n) is 4.31. The third-order valence-electron chi connectivity index (χ3n) is 3.10. The van der Waals surface area contributed by atoms with Gasteiger partial charge in [-0.25, -0.2) is 0 Å². The molecule has 1 fully saturated rings. The molecule has 90 valence electrons. The normalized spacial score (nSPS) is 19.3. The molecule has 1 aromatic carbocycles. The van der Waals surface area contributed by atoms with E-state index in [4.69, 9.17) is 5.73 Å². The molecule has 0 bridgehead atoms. The van der Waals surface area contributed by atoms with Gasteiger partial charge in [-0.2, -0.15) is 0 Å². The molecular formula is C13H16N2O2.